The summed E-state index contributed by atoms with van der Waals surface area (Å²) in [7, 11) is 0. The van der Waals surface area contributed by atoms with Crippen molar-refractivity contribution in [2.45, 2.75) is 13.3 Å². The number of amides is 1. The summed E-state index contributed by atoms with van der Waals surface area (Å²) in [5.41, 5.74) is 14.2. The van der Waals surface area contributed by atoms with Crippen molar-refractivity contribution in [2.24, 2.45) is 0 Å². The van der Waals surface area contributed by atoms with Gasteiger partial charge in [-0.25, -0.2) is 9.97 Å². The minimum atomic E-state index is -0.337. The number of aromatic nitrogens is 2. The van der Waals surface area contributed by atoms with Crippen LogP contribution in [0.3, 0.4) is 0 Å². The van der Waals surface area contributed by atoms with Gasteiger partial charge >= 0.3 is 0 Å². The third-order valence-corrected chi connectivity index (χ3v) is 4.19. The van der Waals surface area contributed by atoms with E-state index in [-0.39, 0.29) is 5.91 Å². The first-order valence-corrected chi connectivity index (χ1v) is 8.73. The average Bonchev–Trinajstić information content (AvgIpc) is 2.69. The lowest BCUT2D eigenvalue weighted by Crippen LogP contribution is -2.30. The minimum Gasteiger partial charge on any atom is -0.393 e. The first-order valence-electron chi connectivity index (χ1n) is 8.35. The van der Waals surface area contributed by atoms with Gasteiger partial charge < -0.3 is 11.1 Å². The smallest absolute Gasteiger partial charge is 0.269 e. The summed E-state index contributed by atoms with van der Waals surface area (Å²) in [6.45, 7) is 2.07. The zero-order valence-corrected chi connectivity index (χ0v) is 15.4. The molecule has 0 fully saturated rings. The van der Waals surface area contributed by atoms with Gasteiger partial charge in [0.25, 0.3) is 5.91 Å². The molecule has 0 saturated carbocycles. The van der Waals surface area contributed by atoms with Crippen LogP contribution in [0.2, 0.25) is 5.02 Å². The molecule has 2 aromatic carbocycles. The van der Waals surface area contributed by atoms with Gasteiger partial charge in [0.2, 0.25) is 0 Å². The molecule has 8 heteroatoms. The van der Waals surface area contributed by atoms with Crippen molar-refractivity contribution < 1.29 is 4.79 Å². The molecule has 0 aliphatic rings. The zero-order valence-electron chi connectivity index (χ0n) is 14.7. The lowest BCUT2D eigenvalue weighted by Gasteiger charge is -2.14. The number of benzene rings is 2. The van der Waals surface area contributed by atoms with Gasteiger partial charge in [0.15, 0.2) is 11.6 Å². The number of hydrogen-bond donors (Lipinski definition) is 4. The van der Waals surface area contributed by atoms with E-state index in [2.05, 4.69) is 33.1 Å². The Kier molecular flexibility index (Phi) is 5.73. The van der Waals surface area contributed by atoms with E-state index >= 15 is 0 Å². The molecule has 0 aliphatic carbocycles. The summed E-state index contributed by atoms with van der Waals surface area (Å²) >= 11 is 5.83. The fraction of sp³-hybridized carbons (Fsp3) is 0.105. The third kappa shape index (κ3) is 4.45. The third-order valence-electron chi connectivity index (χ3n) is 3.94. The van der Waals surface area contributed by atoms with Gasteiger partial charge in [-0.2, -0.15) is 0 Å². The molecule has 0 aliphatic heterocycles. The van der Waals surface area contributed by atoms with Crippen LogP contribution in [0.25, 0.3) is 0 Å². The van der Waals surface area contributed by atoms with E-state index < -0.39 is 0 Å². The number of hydrazine groups is 1. The molecule has 138 valence electrons. The van der Waals surface area contributed by atoms with Gasteiger partial charge in [-0.3, -0.25) is 15.6 Å². The molecule has 1 heterocycles. The summed E-state index contributed by atoms with van der Waals surface area (Å²) in [6.07, 6.45) is 2.24. The van der Waals surface area contributed by atoms with Gasteiger partial charge in [-0.1, -0.05) is 36.7 Å². The number of anilines is 4. The molecule has 1 amide bonds. The Labute approximate surface area is 162 Å². The number of halogens is 1. The van der Waals surface area contributed by atoms with Crippen LogP contribution >= 0.6 is 11.6 Å². The van der Waals surface area contributed by atoms with Crippen LogP contribution in [0.1, 0.15) is 22.8 Å². The molecular weight excluding hydrogens is 364 g/mol. The molecule has 3 aromatic rings. The highest BCUT2D eigenvalue weighted by atomic mass is 35.5. The maximum Gasteiger partial charge on any atom is 0.269 e. The second-order valence-corrected chi connectivity index (χ2v) is 6.14. The van der Waals surface area contributed by atoms with E-state index in [9.17, 15) is 4.79 Å². The monoisotopic (exact) mass is 382 g/mol. The van der Waals surface area contributed by atoms with Crippen molar-refractivity contribution in [3.63, 3.8) is 0 Å². The SMILES string of the molecule is CCc1ccccc1Nc1ncnc(NNC(=O)c2ccc(Cl)cc2)c1N. The van der Waals surface area contributed by atoms with E-state index in [4.69, 9.17) is 17.3 Å². The number of rotatable bonds is 6. The second kappa shape index (κ2) is 8.37. The highest BCUT2D eigenvalue weighted by molar-refractivity contribution is 6.30. The second-order valence-electron chi connectivity index (χ2n) is 5.71. The minimum absolute atomic E-state index is 0.291. The maximum atomic E-state index is 12.2. The highest BCUT2D eigenvalue weighted by Gasteiger charge is 2.11. The Hall–Kier alpha value is -3.32. The summed E-state index contributed by atoms with van der Waals surface area (Å²) in [5.74, 6) is 0.411. The Morgan fingerprint density at radius 3 is 2.52 bits per heavy atom. The quantitative estimate of drug-likeness (QED) is 0.483. The van der Waals surface area contributed by atoms with E-state index in [1.54, 1.807) is 24.3 Å². The van der Waals surface area contributed by atoms with Crippen LogP contribution in [0, 0.1) is 0 Å². The number of aryl methyl sites for hydroxylation is 1. The lowest BCUT2D eigenvalue weighted by atomic mass is 10.1. The van der Waals surface area contributed by atoms with Crippen LogP contribution in [0.15, 0.2) is 54.9 Å². The number of carbonyl (C=O) groups excluding carboxylic acids is 1. The van der Waals surface area contributed by atoms with Crippen molar-refractivity contribution in [1.29, 1.82) is 0 Å². The molecular formula is C19H19ClN6O. The molecule has 3 rings (SSSR count). The van der Waals surface area contributed by atoms with Crippen molar-refractivity contribution in [2.75, 3.05) is 16.5 Å². The van der Waals surface area contributed by atoms with Crippen molar-refractivity contribution in [3.05, 3.63) is 71.0 Å². The molecule has 0 radical (unpaired) electrons. The Balaban J connectivity index is 1.73. The van der Waals surface area contributed by atoms with Crippen molar-refractivity contribution in [3.8, 4) is 0 Å². The van der Waals surface area contributed by atoms with Crippen molar-refractivity contribution in [1.82, 2.24) is 15.4 Å². The van der Waals surface area contributed by atoms with Gasteiger partial charge in [0, 0.05) is 16.3 Å². The lowest BCUT2D eigenvalue weighted by molar-refractivity contribution is 0.0962. The highest BCUT2D eigenvalue weighted by Crippen LogP contribution is 2.27. The van der Waals surface area contributed by atoms with E-state index in [1.807, 2.05) is 24.3 Å². The molecule has 0 bridgehead atoms. The number of nitrogens with zero attached hydrogens (tertiary/aromatic N) is 2. The van der Waals surface area contributed by atoms with Gasteiger partial charge in [-0.15, -0.1) is 0 Å². The van der Waals surface area contributed by atoms with E-state index in [1.165, 1.54) is 6.33 Å². The number of carbonyl (C=O) groups is 1. The van der Waals surface area contributed by atoms with Crippen LogP contribution in [0.4, 0.5) is 23.0 Å². The average molecular weight is 383 g/mol. The molecule has 0 saturated heterocycles. The van der Waals surface area contributed by atoms with E-state index in [0.717, 1.165) is 17.7 Å². The summed E-state index contributed by atoms with van der Waals surface area (Å²) in [5, 5.41) is 3.77. The number of nitrogens with one attached hydrogen (secondary N) is 3. The number of hydrogen-bond acceptors (Lipinski definition) is 6. The van der Waals surface area contributed by atoms with Crippen LogP contribution in [-0.2, 0) is 6.42 Å². The molecule has 0 unspecified atom stereocenters. The zero-order chi connectivity index (χ0) is 19.2. The first kappa shape index (κ1) is 18.5. The van der Waals surface area contributed by atoms with E-state index in [0.29, 0.717) is 27.9 Å². The molecule has 27 heavy (non-hydrogen) atoms. The predicted octanol–water partition coefficient (Wildman–Crippen LogP) is 3.78. The fourth-order valence-corrected chi connectivity index (χ4v) is 2.59. The molecule has 7 nitrogen and oxygen atoms in total. The van der Waals surface area contributed by atoms with Gasteiger partial charge in [-0.05, 0) is 42.3 Å². The Morgan fingerprint density at radius 1 is 1.07 bits per heavy atom. The number of para-hydroxylation sites is 1. The molecule has 0 atom stereocenters. The predicted molar refractivity (Wildman–Crippen MR) is 108 cm³/mol. The Morgan fingerprint density at radius 2 is 1.78 bits per heavy atom. The van der Waals surface area contributed by atoms with Gasteiger partial charge in [0.1, 0.15) is 12.0 Å². The van der Waals surface area contributed by atoms with Crippen LogP contribution in [0.5, 0.6) is 0 Å². The topological polar surface area (TPSA) is 105 Å². The van der Waals surface area contributed by atoms with Gasteiger partial charge in [0.05, 0.1) is 0 Å². The standard InChI is InChI=1S/C19H19ClN6O/c1-2-12-5-3-4-6-15(12)24-17-16(21)18(23-11-22-17)25-26-19(27)13-7-9-14(20)10-8-13/h3-11H,2,21H2,1H3,(H,26,27)(H2,22,23,24,25). The van der Waals surface area contributed by atoms with Crippen molar-refractivity contribution >= 4 is 40.5 Å². The number of nitrogens with two attached hydrogens (primary N) is 1. The van der Waals surface area contributed by atoms with Crippen LogP contribution in [-0.4, -0.2) is 15.9 Å². The molecule has 5 N–H and O–H groups in total. The molecule has 0 spiro atoms. The normalized spacial score (nSPS) is 10.3. The maximum absolute atomic E-state index is 12.2. The largest absolute Gasteiger partial charge is 0.393 e. The summed E-state index contributed by atoms with van der Waals surface area (Å²) in [4.78, 5) is 20.5. The summed E-state index contributed by atoms with van der Waals surface area (Å²) < 4.78 is 0. The fourth-order valence-electron chi connectivity index (χ4n) is 2.46. The van der Waals surface area contributed by atoms with Crippen LogP contribution < -0.4 is 21.9 Å². The number of nitrogen functional groups attached to an aromatic ring is 1. The first-order chi connectivity index (χ1) is 13.1. The molecule has 1 aromatic heterocycles. The Bertz CT molecular complexity index is 945. The summed E-state index contributed by atoms with van der Waals surface area (Å²) in [6, 6.07) is 14.4.